The van der Waals surface area contributed by atoms with E-state index in [2.05, 4.69) is 20.8 Å². The maximum Gasteiger partial charge on any atom is 0.323 e. The molecule has 0 atom stereocenters. The first-order valence-electron chi connectivity index (χ1n) is 7.70. The van der Waals surface area contributed by atoms with E-state index in [1.165, 1.54) is 0 Å². The number of ether oxygens (including phenoxy) is 1. The summed E-state index contributed by atoms with van der Waals surface area (Å²) in [7, 11) is 1.63. The van der Waals surface area contributed by atoms with Gasteiger partial charge >= 0.3 is 6.03 Å². The van der Waals surface area contributed by atoms with Crippen molar-refractivity contribution < 1.29 is 13.9 Å². The van der Waals surface area contributed by atoms with Crippen molar-refractivity contribution in [3.8, 4) is 11.5 Å². The average molecular weight is 338 g/mol. The minimum absolute atomic E-state index is 0.323. The lowest BCUT2D eigenvalue weighted by Crippen LogP contribution is -2.19. The van der Waals surface area contributed by atoms with Gasteiger partial charge in [-0.25, -0.2) is 4.79 Å². The summed E-state index contributed by atoms with van der Waals surface area (Å²) < 4.78 is 10.5. The van der Waals surface area contributed by atoms with Crippen molar-refractivity contribution in [2.45, 2.75) is 13.5 Å². The molecular weight excluding hydrogens is 320 g/mol. The Morgan fingerprint density at radius 1 is 1.08 bits per heavy atom. The minimum Gasteiger partial charge on any atom is -0.421 e. The summed E-state index contributed by atoms with van der Waals surface area (Å²) in [4.78, 5) is 12.1. The fraction of sp³-hybridized carbons (Fsp3) is 0.167. The molecule has 0 aliphatic heterocycles. The van der Waals surface area contributed by atoms with Gasteiger partial charge in [0.15, 0.2) is 0 Å². The highest BCUT2D eigenvalue weighted by molar-refractivity contribution is 5.99. The molecule has 0 aliphatic rings. The van der Waals surface area contributed by atoms with Crippen LogP contribution in [0.4, 0.5) is 16.2 Å². The minimum atomic E-state index is -0.323. The Hall–Kier alpha value is -3.19. The monoisotopic (exact) mass is 338 g/mol. The summed E-state index contributed by atoms with van der Waals surface area (Å²) in [5.41, 5.74) is 3.13. The van der Waals surface area contributed by atoms with Crippen LogP contribution in [0.15, 0.2) is 52.9 Å². The van der Waals surface area contributed by atoms with Crippen molar-refractivity contribution in [2.24, 2.45) is 0 Å². The van der Waals surface area contributed by atoms with Crippen molar-refractivity contribution >= 4 is 17.4 Å². The molecule has 25 heavy (non-hydrogen) atoms. The SMILES string of the molecule is COCc1cccc(NC(=O)Nc2ccc(-c3nnc(C)o3)cc2)c1. The molecule has 128 valence electrons. The van der Waals surface area contributed by atoms with Crippen LogP contribution < -0.4 is 10.6 Å². The molecule has 0 fully saturated rings. The summed E-state index contributed by atoms with van der Waals surface area (Å²) >= 11 is 0. The Morgan fingerprint density at radius 2 is 1.84 bits per heavy atom. The summed E-state index contributed by atoms with van der Waals surface area (Å²) in [5, 5.41) is 13.3. The smallest absolute Gasteiger partial charge is 0.323 e. The normalized spacial score (nSPS) is 10.5. The van der Waals surface area contributed by atoms with Gasteiger partial charge in [0.05, 0.1) is 6.61 Å². The number of aryl methyl sites for hydroxylation is 1. The van der Waals surface area contributed by atoms with Crippen molar-refractivity contribution in [3.63, 3.8) is 0 Å². The fourth-order valence-electron chi connectivity index (χ4n) is 2.31. The molecule has 0 radical (unpaired) electrons. The summed E-state index contributed by atoms with van der Waals surface area (Å²) in [6.07, 6.45) is 0. The van der Waals surface area contributed by atoms with Gasteiger partial charge in [-0.3, -0.25) is 0 Å². The van der Waals surface area contributed by atoms with E-state index in [0.717, 1.165) is 11.1 Å². The highest BCUT2D eigenvalue weighted by atomic mass is 16.5. The first-order chi connectivity index (χ1) is 12.1. The second-order valence-electron chi connectivity index (χ2n) is 5.42. The second-order valence-corrected chi connectivity index (χ2v) is 5.42. The van der Waals surface area contributed by atoms with E-state index in [1.807, 2.05) is 36.4 Å². The second kappa shape index (κ2) is 7.59. The maximum absolute atomic E-state index is 12.1. The molecule has 0 bridgehead atoms. The Labute approximate surface area is 145 Å². The molecule has 1 aromatic heterocycles. The predicted octanol–water partition coefficient (Wildman–Crippen LogP) is 3.84. The molecule has 7 nitrogen and oxygen atoms in total. The molecule has 7 heteroatoms. The third-order valence-corrected chi connectivity index (χ3v) is 3.41. The predicted molar refractivity (Wildman–Crippen MR) is 94.3 cm³/mol. The number of nitrogens with zero attached hydrogens (tertiary/aromatic N) is 2. The average Bonchev–Trinajstić information content (AvgIpc) is 3.02. The number of methoxy groups -OCH3 is 1. The lowest BCUT2D eigenvalue weighted by molar-refractivity contribution is 0.185. The molecule has 2 N–H and O–H groups in total. The van der Waals surface area contributed by atoms with E-state index in [1.54, 1.807) is 26.2 Å². The third-order valence-electron chi connectivity index (χ3n) is 3.41. The van der Waals surface area contributed by atoms with Crippen LogP contribution in [0.2, 0.25) is 0 Å². The largest absolute Gasteiger partial charge is 0.421 e. The first kappa shape index (κ1) is 16.7. The van der Waals surface area contributed by atoms with Gasteiger partial charge in [0.2, 0.25) is 11.8 Å². The highest BCUT2D eigenvalue weighted by Gasteiger charge is 2.07. The molecule has 3 rings (SSSR count). The van der Waals surface area contributed by atoms with E-state index in [-0.39, 0.29) is 6.03 Å². The van der Waals surface area contributed by atoms with E-state index in [0.29, 0.717) is 29.8 Å². The summed E-state index contributed by atoms with van der Waals surface area (Å²) in [5.74, 6) is 0.954. The number of rotatable bonds is 5. The van der Waals surface area contributed by atoms with Crippen LogP contribution in [0.5, 0.6) is 0 Å². The van der Waals surface area contributed by atoms with Gasteiger partial charge in [0.1, 0.15) is 0 Å². The summed E-state index contributed by atoms with van der Waals surface area (Å²) in [6, 6.07) is 14.3. The fourth-order valence-corrected chi connectivity index (χ4v) is 2.31. The number of carbonyl (C=O) groups is 1. The van der Waals surface area contributed by atoms with E-state index in [4.69, 9.17) is 9.15 Å². The third kappa shape index (κ3) is 4.42. The Kier molecular flexibility index (Phi) is 5.06. The molecule has 0 unspecified atom stereocenters. The van der Waals surface area contributed by atoms with E-state index < -0.39 is 0 Å². The molecule has 0 saturated carbocycles. The van der Waals surface area contributed by atoms with Crippen LogP contribution in [0.1, 0.15) is 11.5 Å². The van der Waals surface area contributed by atoms with Crippen molar-refractivity contribution in [3.05, 3.63) is 60.0 Å². The van der Waals surface area contributed by atoms with Crippen LogP contribution in [-0.2, 0) is 11.3 Å². The zero-order chi connectivity index (χ0) is 17.6. The van der Waals surface area contributed by atoms with Crippen molar-refractivity contribution in [1.82, 2.24) is 10.2 Å². The molecule has 0 spiro atoms. The Morgan fingerprint density at radius 3 is 2.52 bits per heavy atom. The number of urea groups is 1. The van der Waals surface area contributed by atoms with Gasteiger partial charge in [0, 0.05) is 31.0 Å². The summed E-state index contributed by atoms with van der Waals surface area (Å²) in [6.45, 7) is 2.23. The lowest BCUT2D eigenvalue weighted by Gasteiger charge is -2.09. The number of carbonyl (C=O) groups excluding carboxylic acids is 1. The van der Waals surface area contributed by atoms with Gasteiger partial charge in [-0.1, -0.05) is 12.1 Å². The topological polar surface area (TPSA) is 89.3 Å². The molecule has 0 aliphatic carbocycles. The number of anilines is 2. The number of hydrogen-bond acceptors (Lipinski definition) is 5. The van der Waals surface area contributed by atoms with Crippen LogP contribution in [0, 0.1) is 6.92 Å². The molecule has 2 aromatic carbocycles. The Bertz CT molecular complexity index is 859. The zero-order valence-electron chi connectivity index (χ0n) is 13.9. The number of aromatic nitrogens is 2. The van der Waals surface area contributed by atoms with Gasteiger partial charge in [-0.15, -0.1) is 10.2 Å². The number of amides is 2. The maximum atomic E-state index is 12.1. The Balaban J connectivity index is 1.62. The molecule has 1 heterocycles. The lowest BCUT2D eigenvalue weighted by atomic mass is 10.2. The highest BCUT2D eigenvalue weighted by Crippen LogP contribution is 2.20. The van der Waals surface area contributed by atoms with E-state index >= 15 is 0 Å². The zero-order valence-corrected chi connectivity index (χ0v) is 13.9. The van der Waals surface area contributed by atoms with Crippen LogP contribution in [0.25, 0.3) is 11.5 Å². The van der Waals surface area contributed by atoms with E-state index in [9.17, 15) is 4.79 Å². The van der Waals surface area contributed by atoms with Gasteiger partial charge in [-0.2, -0.15) is 0 Å². The standard InChI is InChI=1S/C18H18N4O3/c1-12-21-22-17(25-12)14-6-8-15(9-7-14)19-18(23)20-16-5-3-4-13(10-16)11-24-2/h3-10H,11H2,1-2H3,(H2,19,20,23). The molecule has 2 amide bonds. The first-order valence-corrected chi connectivity index (χ1v) is 7.70. The number of nitrogens with one attached hydrogen (secondary N) is 2. The molecule has 3 aromatic rings. The molecular formula is C18H18N4O3. The molecule has 0 saturated heterocycles. The van der Waals surface area contributed by atoms with Gasteiger partial charge in [0.25, 0.3) is 0 Å². The van der Waals surface area contributed by atoms with Gasteiger partial charge < -0.3 is 19.8 Å². The van der Waals surface area contributed by atoms with Gasteiger partial charge in [-0.05, 0) is 42.0 Å². The van der Waals surface area contributed by atoms with Crippen LogP contribution in [0.3, 0.4) is 0 Å². The van der Waals surface area contributed by atoms with Crippen molar-refractivity contribution in [1.29, 1.82) is 0 Å². The van der Waals surface area contributed by atoms with Crippen LogP contribution >= 0.6 is 0 Å². The number of hydrogen-bond donors (Lipinski definition) is 2. The van der Waals surface area contributed by atoms with Crippen LogP contribution in [-0.4, -0.2) is 23.3 Å². The van der Waals surface area contributed by atoms with Crippen molar-refractivity contribution in [2.75, 3.05) is 17.7 Å². The number of benzene rings is 2. The quantitative estimate of drug-likeness (QED) is 0.738.